The van der Waals surface area contributed by atoms with Crippen molar-refractivity contribution in [3.63, 3.8) is 0 Å². The Balaban J connectivity index is 1.75. The number of hydrogen-bond donors (Lipinski definition) is 1. The average Bonchev–Trinajstić information content (AvgIpc) is 2.76. The molecule has 0 spiro atoms. The van der Waals surface area contributed by atoms with Crippen molar-refractivity contribution in [3.05, 3.63) is 95.8 Å². The molecule has 0 aromatic heterocycles. The van der Waals surface area contributed by atoms with Crippen LogP contribution in [0.4, 0.5) is 4.39 Å². The van der Waals surface area contributed by atoms with Gasteiger partial charge in [0.25, 0.3) is 0 Å². The summed E-state index contributed by atoms with van der Waals surface area (Å²) < 4.78 is 18.9. The van der Waals surface area contributed by atoms with Crippen molar-refractivity contribution < 1.29 is 19.1 Å². The summed E-state index contributed by atoms with van der Waals surface area (Å²) >= 11 is 0. The van der Waals surface area contributed by atoms with Gasteiger partial charge in [-0.2, -0.15) is 5.26 Å². The minimum atomic E-state index is -1.31. The molecule has 2 aromatic carbocycles. The van der Waals surface area contributed by atoms with E-state index in [2.05, 4.69) is 6.07 Å². The van der Waals surface area contributed by atoms with E-state index in [9.17, 15) is 19.7 Å². The highest BCUT2D eigenvalue weighted by atomic mass is 19.1. The van der Waals surface area contributed by atoms with Crippen molar-refractivity contribution in [1.82, 2.24) is 5.06 Å². The predicted octanol–water partition coefficient (Wildman–Crippen LogP) is 3.90. The molecule has 0 heterocycles. The number of rotatable bonds is 7. The number of amides is 1. The van der Waals surface area contributed by atoms with Gasteiger partial charge in [0.15, 0.2) is 5.60 Å². The van der Waals surface area contributed by atoms with Crippen molar-refractivity contribution in [2.75, 3.05) is 6.61 Å². The van der Waals surface area contributed by atoms with Gasteiger partial charge in [0, 0.05) is 5.92 Å². The molecule has 0 radical (unpaired) electrons. The Bertz CT molecular complexity index is 890. The van der Waals surface area contributed by atoms with Crippen LogP contribution in [0.1, 0.15) is 23.1 Å². The molecule has 28 heavy (non-hydrogen) atoms. The molecular formula is C22H19FN2O3. The summed E-state index contributed by atoms with van der Waals surface area (Å²) in [6.07, 6.45) is 7.32. The Morgan fingerprint density at radius 2 is 1.82 bits per heavy atom. The molecule has 0 saturated carbocycles. The first kappa shape index (κ1) is 19.5. The predicted molar refractivity (Wildman–Crippen MR) is 101 cm³/mol. The summed E-state index contributed by atoms with van der Waals surface area (Å²) in [5.74, 6) is -0.402. The van der Waals surface area contributed by atoms with Crippen LogP contribution in [-0.4, -0.2) is 28.9 Å². The van der Waals surface area contributed by atoms with Crippen molar-refractivity contribution in [3.8, 4) is 6.07 Å². The first-order valence-corrected chi connectivity index (χ1v) is 8.74. The third-order valence-electron chi connectivity index (χ3n) is 4.62. The van der Waals surface area contributed by atoms with Crippen molar-refractivity contribution >= 4 is 6.41 Å². The fraction of sp³-hybridized carbons (Fsp3) is 0.182. The normalized spacial score (nSPS) is 21.7. The summed E-state index contributed by atoms with van der Waals surface area (Å²) in [4.78, 5) is 11.0. The number of hydroxylamine groups is 2. The zero-order valence-corrected chi connectivity index (χ0v) is 15.0. The SMILES string of the molecule is N#CC1(OCC(c2ccc(F)cc2)N(O)C=O)C=CC(c2ccccc2)C=C1. The maximum absolute atomic E-state index is 13.2. The molecule has 1 unspecified atom stereocenters. The van der Waals surface area contributed by atoms with Gasteiger partial charge in [0.2, 0.25) is 6.41 Å². The van der Waals surface area contributed by atoms with E-state index in [1.165, 1.54) is 24.3 Å². The van der Waals surface area contributed by atoms with Crippen LogP contribution in [0.25, 0.3) is 0 Å². The highest BCUT2D eigenvalue weighted by Crippen LogP contribution is 2.30. The monoisotopic (exact) mass is 378 g/mol. The van der Waals surface area contributed by atoms with Gasteiger partial charge in [-0.25, -0.2) is 9.45 Å². The minimum absolute atomic E-state index is 0.0310. The molecule has 0 bridgehead atoms. The molecule has 1 atom stereocenters. The van der Waals surface area contributed by atoms with E-state index in [0.717, 1.165) is 5.56 Å². The van der Waals surface area contributed by atoms with Crippen molar-refractivity contribution in [1.29, 1.82) is 5.26 Å². The molecule has 2 aromatic rings. The molecule has 1 N–H and O–H groups in total. The fourth-order valence-electron chi connectivity index (χ4n) is 3.01. The van der Waals surface area contributed by atoms with Crippen LogP contribution in [0.15, 0.2) is 78.9 Å². The van der Waals surface area contributed by atoms with E-state index < -0.39 is 17.5 Å². The van der Waals surface area contributed by atoms with Crippen LogP contribution in [0, 0.1) is 17.1 Å². The Morgan fingerprint density at radius 3 is 2.39 bits per heavy atom. The highest BCUT2D eigenvalue weighted by molar-refractivity contribution is 5.46. The maximum atomic E-state index is 13.2. The smallest absolute Gasteiger partial charge is 0.233 e. The second-order valence-corrected chi connectivity index (χ2v) is 6.42. The number of carbonyl (C=O) groups excluding carboxylic acids is 1. The molecule has 5 nitrogen and oxygen atoms in total. The number of allylic oxidation sites excluding steroid dienone is 2. The molecular weight excluding hydrogens is 359 g/mol. The largest absolute Gasteiger partial charge is 0.350 e. The van der Waals surface area contributed by atoms with Crippen LogP contribution in [0.5, 0.6) is 0 Å². The van der Waals surface area contributed by atoms with Gasteiger partial charge in [0.05, 0.1) is 6.61 Å². The number of nitrogens with zero attached hydrogens (tertiary/aromatic N) is 2. The summed E-state index contributed by atoms with van der Waals surface area (Å²) in [5, 5.41) is 20.0. The van der Waals surface area contributed by atoms with Crippen molar-refractivity contribution in [2.45, 2.75) is 17.6 Å². The Kier molecular flexibility index (Phi) is 5.99. The van der Waals surface area contributed by atoms with Crippen LogP contribution >= 0.6 is 0 Å². The molecule has 142 valence electrons. The highest BCUT2D eigenvalue weighted by Gasteiger charge is 2.31. The standard InChI is InChI=1S/C22H19FN2O3/c23-20-8-6-19(7-9-20)21(25(27)16-26)14-28-22(15-24)12-10-18(11-13-22)17-4-2-1-3-5-17/h1-13,16,18,21,27H,14H2. The molecule has 0 fully saturated rings. The van der Waals surface area contributed by atoms with Gasteiger partial charge >= 0.3 is 0 Å². The summed E-state index contributed by atoms with van der Waals surface area (Å²) in [5.41, 5.74) is 0.260. The van der Waals surface area contributed by atoms with E-state index in [-0.39, 0.29) is 18.9 Å². The van der Waals surface area contributed by atoms with Gasteiger partial charge in [-0.15, -0.1) is 0 Å². The van der Waals surface area contributed by atoms with E-state index in [1.54, 1.807) is 12.2 Å². The Hall–Kier alpha value is -3.27. The first-order valence-electron chi connectivity index (χ1n) is 8.74. The summed E-state index contributed by atoms with van der Waals surface area (Å²) in [6, 6.07) is 16.4. The number of hydrogen-bond acceptors (Lipinski definition) is 4. The van der Waals surface area contributed by atoms with Crippen LogP contribution in [0.3, 0.4) is 0 Å². The minimum Gasteiger partial charge on any atom is -0.350 e. The molecule has 1 aliphatic rings. The second-order valence-electron chi connectivity index (χ2n) is 6.42. The van der Waals surface area contributed by atoms with Crippen LogP contribution in [-0.2, 0) is 9.53 Å². The van der Waals surface area contributed by atoms with Crippen LogP contribution in [0.2, 0.25) is 0 Å². The molecule has 1 amide bonds. The lowest BCUT2D eigenvalue weighted by atomic mass is 9.89. The average molecular weight is 378 g/mol. The van der Waals surface area contributed by atoms with Crippen molar-refractivity contribution in [2.24, 2.45) is 0 Å². The fourth-order valence-corrected chi connectivity index (χ4v) is 3.01. The molecule has 6 heteroatoms. The molecule has 0 aliphatic heterocycles. The number of ether oxygens (including phenoxy) is 1. The van der Waals surface area contributed by atoms with E-state index in [4.69, 9.17) is 4.74 Å². The zero-order chi connectivity index (χ0) is 20.0. The maximum Gasteiger partial charge on any atom is 0.233 e. The van der Waals surface area contributed by atoms with Crippen LogP contribution < -0.4 is 0 Å². The zero-order valence-electron chi connectivity index (χ0n) is 15.0. The van der Waals surface area contributed by atoms with E-state index >= 15 is 0 Å². The number of halogens is 1. The lowest BCUT2D eigenvalue weighted by Gasteiger charge is -2.29. The molecule has 1 aliphatic carbocycles. The molecule has 0 saturated heterocycles. The third-order valence-corrected chi connectivity index (χ3v) is 4.62. The Labute approximate surface area is 162 Å². The van der Waals surface area contributed by atoms with Gasteiger partial charge in [-0.1, -0.05) is 54.6 Å². The third kappa shape index (κ3) is 4.34. The van der Waals surface area contributed by atoms with Gasteiger partial charge < -0.3 is 4.74 Å². The first-order chi connectivity index (χ1) is 13.6. The topological polar surface area (TPSA) is 73.6 Å². The number of nitriles is 1. The Morgan fingerprint density at radius 1 is 1.18 bits per heavy atom. The van der Waals surface area contributed by atoms with E-state index in [1.807, 2.05) is 42.5 Å². The quantitative estimate of drug-likeness (QED) is 0.343. The summed E-state index contributed by atoms with van der Waals surface area (Å²) in [6.45, 7) is -0.154. The lowest BCUT2D eigenvalue weighted by molar-refractivity contribution is -0.168. The second kappa shape index (κ2) is 8.61. The number of carbonyl (C=O) groups is 1. The lowest BCUT2D eigenvalue weighted by Crippen LogP contribution is -2.34. The van der Waals surface area contributed by atoms with Gasteiger partial charge in [0.1, 0.15) is 17.9 Å². The van der Waals surface area contributed by atoms with Gasteiger partial charge in [-0.3, -0.25) is 10.0 Å². The molecule has 3 rings (SSSR count). The summed E-state index contributed by atoms with van der Waals surface area (Å²) in [7, 11) is 0. The number of benzene rings is 2. The van der Waals surface area contributed by atoms with Gasteiger partial charge in [-0.05, 0) is 35.4 Å². The van der Waals surface area contributed by atoms with E-state index in [0.29, 0.717) is 10.6 Å².